The van der Waals surface area contributed by atoms with Crippen LogP contribution in [0.2, 0.25) is 0 Å². The molecule has 1 amide bonds. The van der Waals surface area contributed by atoms with Crippen LogP contribution in [0, 0.1) is 0 Å². The van der Waals surface area contributed by atoms with Crippen LogP contribution in [0.3, 0.4) is 0 Å². The van der Waals surface area contributed by atoms with Crippen molar-refractivity contribution in [2.24, 2.45) is 0 Å². The van der Waals surface area contributed by atoms with Crippen LogP contribution in [0.1, 0.15) is 32.2 Å². The number of nitrogens with zero attached hydrogens (tertiary/aromatic N) is 3. The molecule has 144 valence electrons. The lowest BCUT2D eigenvalue weighted by Gasteiger charge is -2.29. The first kappa shape index (κ1) is 18.9. The summed E-state index contributed by atoms with van der Waals surface area (Å²) in [5, 5.41) is 4.48. The standard InChI is InChI=1S/C20H25N3O4/c1-14(20(25)22-11-5-4-6-12-22)23-18(24)13-17(27-3)19(21-23)15-7-9-16(26-2)10-8-15/h7-10,13-14H,4-6,11-12H2,1-3H3/t14-/m0/s1. The number of methoxy groups -OCH3 is 2. The number of ether oxygens (including phenoxy) is 2. The zero-order valence-corrected chi connectivity index (χ0v) is 16.0. The van der Waals surface area contributed by atoms with Gasteiger partial charge in [-0.15, -0.1) is 0 Å². The van der Waals surface area contributed by atoms with Crippen molar-refractivity contribution in [1.29, 1.82) is 0 Å². The van der Waals surface area contributed by atoms with Crippen molar-refractivity contribution in [2.75, 3.05) is 27.3 Å². The Kier molecular flexibility index (Phi) is 5.78. The number of hydrogen-bond donors (Lipinski definition) is 0. The first-order valence-corrected chi connectivity index (χ1v) is 9.16. The lowest BCUT2D eigenvalue weighted by Crippen LogP contribution is -2.42. The molecule has 0 radical (unpaired) electrons. The van der Waals surface area contributed by atoms with E-state index < -0.39 is 6.04 Å². The quantitative estimate of drug-likeness (QED) is 0.807. The fraction of sp³-hybridized carbons (Fsp3) is 0.450. The average Bonchev–Trinajstić information content (AvgIpc) is 2.73. The van der Waals surface area contributed by atoms with Gasteiger partial charge >= 0.3 is 0 Å². The van der Waals surface area contributed by atoms with Crippen LogP contribution >= 0.6 is 0 Å². The third-order valence-corrected chi connectivity index (χ3v) is 4.90. The summed E-state index contributed by atoms with van der Waals surface area (Å²) in [6.45, 7) is 3.19. The Balaban J connectivity index is 1.97. The summed E-state index contributed by atoms with van der Waals surface area (Å²) in [4.78, 5) is 27.2. The molecule has 7 nitrogen and oxygen atoms in total. The van der Waals surface area contributed by atoms with Gasteiger partial charge in [0.1, 0.15) is 17.5 Å². The van der Waals surface area contributed by atoms with Gasteiger partial charge in [-0.05, 0) is 50.5 Å². The third kappa shape index (κ3) is 3.97. The molecule has 27 heavy (non-hydrogen) atoms. The van der Waals surface area contributed by atoms with Crippen LogP contribution in [0.15, 0.2) is 35.1 Å². The minimum atomic E-state index is -0.668. The van der Waals surface area contributed by atoms with E-state index in [9.17, 15) is 9.59 Å². The molecule has 1 atom stereocenters. The molecule has 7 heteroatoms. The van der Waals surface area contributed by atoms with Gasteiger partial charge in [0.05, 0.1) is 14.2 Å². The van der Waals surface area contributed by atoms with Gasteiger partial charge < -0.3 is 14.4 Å². The number of rotatable bonds is 5. The number of amides is 1. The van der Waals surface area contributed by atoms with Crippen molar-refractivity contribution in [2.45, 2.75) is 32.2 Å². The first-order valence-electron chi connectivity index (χ1n) is 9.16. The van der Waals surface area contributed by atoms with Gasteiger partial charge in [0.25, 0.3) is 5.56 Å². The lowest BCUT2D eigenvalue weighted by atomic mass is 10.1. The Bertz CT molecular complexity index is 855. The molecule has 0 aliphatic carbocycles. The minimum absolute atomic E-state index is 0.0739. The Morgan fingerprint density at radius 1 is 1.07 bits per heavy atom. The zero-order valence-electron chi connectivity index (χ0n) is 16.0. The number of aromatic nitrogens is 2. The molecular weight excluding hydrogens is 346 g/mol. The van der Waals surface area contributed by atoms with Gasteiger partial charge in [-0.1, -0.05) is 0 Å². The first-order chi connectivity index (χ1) is 13.0. The molecule has 2 aromatic rings. The maximum absolute atomic E-state index is 12.8. The molecule has 2 heterocycles. The lowest BCUT2D eigenvalue weighted by molar-refractivity contribution is -0.135. The number of carbonyl (C=O) groups excluding carboxylic acids is 1. The van der Waals surface area contributed by atoms with Gasteiger partial charge in [-0.25, -0.2) is 4.68 Å². The van der Waals surface area contributed by atoms with E-state index in [1.165, 1.54) is 17.9 Å². The molecule has 1 fully saturated rings. The summed E-state index contributed by atoms with van der Waals surface area (Å²) < 4.78 is 11.8. The molecule has 0 N–H and O–H groups in total. The Morgan fingerprint density at radius 3 is 2.33 bits per heavy atom. The van der Waals surface area contributed by atoms with E-state index >= 15 is 0 Å². The van der Waals surface area contributed by atoms with Gasteiger partial charge in [-0.2, -0.15) is 5.10 Å². The van der Waals surface area contributed by atoms with E-state index in [2.05, 4.69) is 5.10 Å². The van der Waals surface area contributed by atoms with Crippen molar-refractivity contribution in [3.8, 4) is 22.8 Å². The van der Waals surface area contributed by atoms with Crippen LogP contribution in [-0.2, 0) is 4.79 Å². The second-order valence-electron chi connectivity index (χ2n) is 6.63. The van der Waals surface area contributed by atoms with Crippen LogP contribution in [0.5, 0.6) is 11.5 Å². The molecule has 3 rings (SSSR count). The van der Waals surface area contributed by atoms with Crippen molar-refractivity contribution < 1.29 is 14.3 Å². The fourth-order valence-electron chi connectivity index (χ4n) is 3.32. The van der Waals surface area contributed by atoms with Gasteiger partial charge in [0, 0.05) is 24.7 Å². The number of likely N-dealkylation sites (tertiary alicyclic amines) is 1. The summed E-state index contributed by atoms with van der Waals surface area (Å²) in [5.41, 5.74) is 0.930. The summed E-state index contributed by atoms with van der Waals surface area (Å²) in [6, 6.07) is 8.03. The fourth-order valence-corrected chi connectivity index (χ4v) is 3.32. The predicted molar refractivity (Wildman–Crippen MR) is 102 cm³/mol. The van der Waals surface area contributed by atoms with Crippen LogP contribution in [-0.4, -0.2) is 47.9 Å². The van der Waals surface area contributed by atoms with Crippen molar-refractivity contribution in [3.63, 3.8) is 0 Å². The highest BCUT2D eigenvalue weighted by Crippen LogP contribution is 2.28. The third-order valence-electron chi connectivity index (χ3n) is 4.90. The second-order valence-corrected chi connectivity index (χ2v) is 6.63. The molecule has 1 aromatic carbocycles. The monoisotopic (exact) mass is 371 g/mol. The zero-order chi connectivity index (χ0) is 19.4. The van der Waals surface area contributed by atoms with Gasteiger partial charge in [0.2, 0.25) is 5.91 Å². The molecule has 0 spiro atoms. The van der Waals surface area contributed by atoms with Crippen molar-refractivity contribution in [3.05, 3.63) is 40.7 Å². The van der Waals surface area contributed by atoms with Crippen molar-refractivity contribution >= 4 is 5.91 Å². The summed E-state index contributed by atoms with van der Waals surface area (Å²) in [7, 11) is 3.10. The largest absolute Gasteiger partial charge is 0.497 e. The highest BCUT2D eigenvalue weighted by molar-refractivity contribution is 5.80. The molecule has 1 saturated heterocycles. The molecular formula is C20H25N3O4. The molecule has 0 bridgehead atoms. The van der Waals surface area contributed by atoms with E-state index in [0.29, 0.717) is 11.4 Å². The topological polar surface area (TPSA) is 73.7 Å². The number of piperidine rings is 1. The van der Waals surface area contributed by atoms with E-state index in [-0.39, 0.29) is 11.5 Å². The summed E-state index contributed by atoms with van der Waals surface area (Å²) in [5.74, 6) is 1.02. The van der Waals surface area contributed by atoms with E-state index in [1.807, 2.05) is 29.2 Å². The Morgan fingerprint density at radius 2 is 1.74 bits per heavy atom. The van der Waals surface area contributed by atoms with Crippen LogP contribution in [0.4, 0.5) is 0 Å². The second kappa shape index (κ2) is 8.24. The molecule has 0 saturated carbocycles. The summed E-state index contributed by atoms with van der Waals surface area (Å²) in [6.07, 6.45) is 3.14. The minimum Gasteiger partial charge on any atom is -0.497 e. The Labute approximate surface area is 158 Å². The van der Waals surface area contributed by atoms with Crippen LogP contribution < -0.4 is 15.0 Å². The van der Waals surface area contributed by atoms with Gasteiger partial charge in [-0.3, -0.25) is 9.59 Å². The van der Waals surface area contributed by atoms with Gasteiger partial charge in [0.15, 0.2) is 5.75 Å². The highest BCUT2D eigenvalue weighted by Gasteiger charge is 2.26. The predicted octanol–water partition coefficient (Wildman–Crippen LogP) is 2.50. The number of carbonyl (C=O) groups is 1. The molecule has 1 aliphatic rings. The Hall–Kier alpha value is -2.83. The average molecular weight is 371 g/mol. The SMILES string of the molecule is COc1ccc(-c2nn([C@@H](C)C(=O)N3CCCCC3)c(=O)cc2OC)cc1. The molecule has 1 aliphatic heterocycles. The maximum atomic E-state index is 12.8. The summed E-state index contributed by atoms with van der Waals surface area (Å²) >= 11 is 0. The van der Waals surface area contributed by atoms with E-state index in [0.717, 1.165) is 43.7 Å². The highest BCUT2D eigenvalue weighted by atomic mass is 16.5. The van der Waals surface area contributed by atoms with E-state index in [1.54, 1.807) is 14.0 Å². The molecule has 1 aromatic heterocycles. The van der Waals surface area contributed by atoms with E-state index in [4.69, 9.17) is 9.47 Å². The maximum Gasteiger partial charge on any atom is 0.271 e. The van der Waals surface area contributed by atoms with Crippen molar-refractivity contribution in [1.82, 2.24) is 14.7 Å². The smallest absolute Gasteiger partial charge is 0.271 e. The molecule has 0 unspecified atom stereocenters. The number of hydrogen-bond acceptors (Lipinski definition) is 5. The normalized spacial score (nSPS) is 15.3. The number of benzene rings is 1. The van der Waals surface area contributed by atoms with Crippen LogP contribution in [0.25, 0.3) is 11.3 Å².